The van der Waals surface area contributed by atoms with Gasteiger partial charge in [-0.3, -0.25) is 4.79 Å². The number of carbonyl (C=O) groups is 1. The predicted molar refractivity (Wildman–Crippen MR) is 101 cm³/mol. The molecule has 0 atom stereocenters. The summed E-state index contributed by atoms with van der Waals surface area (Å²) in [6.45, 7) is 3.17. The van der Waals surface area contributed by atoms with E-state index in [1.807, 2.05) is 18.2 Å². The Morgan fingerprint density at radius 2 is 2.12 bits per heavy atom. The first kappa shape index (κ1) is 16.7. The van der Waals surface area contributed by atoms with Crippen molar-refractivity contribution in [1.29, 1.82) is 0 Å². The van der Waals surface area contributed by atoms with Crippen molar-refractivity contribution in [2.45, 2.75) is 0 Å². The van der Waals surface area contributed by atoms with E-state index in [1.165, 1.54) is 13.3 Å². The van der Waals surface area contributed by atoms with E-state index in [-0.39, 0.29) is 5.91 Å². The minimum Gasteiger partial charge on any atom is -0.481 e. The third-order valence-corrected chi connectivity index (χ3v) is 5.20. The monoisotopic (exact) mass is 370 g/mol. The standard InChI is InChI=1S/C18H18N4O3S/c1-24-16-5-2-12(11-19-16)17(23)20-13-3-4-14-15(10-13)26-18(21-14)22-6-8-25-9-7-22/h2-5,10-11H,6-9H2,1H3,(H,20,23). The molecule has 1 amide bonds. The van der Waals surface area contributed by atoms with Crippen molar-refractivity contribution in [3.05, 3.63) is 42.1 Å². The van der Waals surface area contributed by atoms with Gasteiger partial charge in [0.1, 0.15) is 0 Å². The molecule has 1 N–H and O–H groups in total. The molecule has 0 bridgehead atoms. The Morgan fingerprint density at radius 1 is 1.27 bits per heavy atom. The molecule has 2 aromatic heterocycles. The van der Waals surface area contributed by atoms with E-state index in [0.717, 1.165) is 47.3 Å². The topological polar surface area (TPSA) is 76.6 Å². The van der Waals surface area contributed by atoms with Crippen LogP contribution in [0.4, 0.5) is 10.8 Å². The smallest absolute Gasteiger partial charge is 0.257 e. The summed E-state index contributed by atoms with van der Waals surface area (Å²) in [5, 5.41) is 3.89. The summed E-state index contributed by atoms with van der Waals surface area (Å²) in [4.78, 5) is 23.4. The van der Waals surface area contributed by atoms with Gasteiger partial charge in [-0.2, -0.15) is 0 Å². The summed E-state index contributed by atoms with van der Waals surface area (Å²) in [6, 6.07) is 9.09. The van der Waals surface area contributed by atoms with Crippen LogP contribution in [0.5, 0.6) is 5.88 Å². The summed E-state index contributed by atoms with van der Waals surface area (Å²) in [6.07, 6.45) is 1.50. The number of amides is 1. The molecule has 134 valence electrons. The van der Waals surface area contributed by atoms with Gasteiger partial charge < -0.3 is 19.7 Å². The SMILES string of the molecule is COc1ccc(C(=O)Nc2ccc3nc(N4CCOCC4)sc3c2)cn1. The van der Waals surface area contributed by atoms with Gasteiger partial charge in [0.15, 0.2) is 5.13 Å². The molecule has 1 aliphatic heterocycles. The van der Waals surface area contributed by atoms with Gasteiger partial charge in [0.05, 0.1) is 36.1 Å². The molecule has 4 rings (SSSR count). The van der Waals surface area contributed by atoms with Gasteiger partial charge >= 0.3 is 0 Å². The van der Waals surface area contributed by atoms with Crippen molar-refractivity contribution in [2.24, 2.45) is 0 Å². The van der Waals surface area contributed by atoms with E-state index in [9.17, 15) is 4.79 Å². The van der Waals surface area contributed by atoms with Gasteiger partial charge in [0.25, 0.3) is 5.91 Å². The summed E-state index contributed by atoms with van der Waals surface area (Å²) in [5.41, 5.74) is 2.14. The van der Waals surface area contributed by atoms with Crippen LogP contribution in [0.3, 0.4) is 0 Å². The zero-order valence-corrected chi connectivity index (χ0v) is 15.1. The molecule has 26 heavy (non-hydrogen) atoms. The van der Waals surface area contributed by atoms with Crippen LogP contribution in [-0.2, 0) is 4.74 Å². The van der Waals surface area contributed by atoms with Crippen LogP contribution in [0.1, 0.15) is 10.4 Å². The van der Waals surface area contributed by atoms with Gasteiger partial charge in [0.2, 0.25) is 5.88 Å². The van der Waals surface area contributed by atoms with E-state index < -0.39 is 0 Å². The Hall–Kier alpha value is -2.71. The lowest BCUT2D eigenvalue weighted by Crippen LogP contribution is -2.36. The number of nitrogens with zero attached hydrogens (tertiary/aromatic N) is 3. The molecule has 0 spiro atoms. The van der Waals surface area contributed by atoms with Crippen LogP contribution >= 0.6 is 11.3 Å². The summed E-state index contributed by atoms with van der Waals surface area (Å²) >= 11 is 1.62. The van der Waals surface area contributed by atoms with E-state index in [0.29, 0.717) is 11.4 Å². The molecule has 0 saturated carbocycles. The number of rotatable bonds is 4. The number of hydrogen-bond acceptors (Lipinski definition) is 7. The van der Waals surface area contributed by atoms with Gasteiger partial charge in [-0.1, -0.05) is 11.3 Å². The lowest BCUT2D eigenvalue weighted by atomic mass is 10.2. The molecule has 0 unspecified atom stereocenters. The summed E-state index contributed by atoms with van der Waals surface area (Å²) < 4.78 is 11.4. The fourth-order valence-corrected chi connectivity index (χ4v) is 3.78. The highest BCUT2D eigenvalue weighted by atomic mass is 32.1. The molecule has 1 aliphatic rings. The fourth-order valence-electron chi connectivity index (χ4n) is 2.72. The largest absolute Gasteiger partial charge is 0.481 e. The maximum atomic E-state index is 12.4. The van der Waals surface area contributed by atoms with E-state index in [1.54, 1.807) is 23.5 Å². The van der Waals surface area contributed by atoms with E-state index >= 15 is 0 Å². The van der Waals surface area contributed by atoms with Crippen molar-refractivity contribution in [2.75, 3.05) is 43.6 Å². The molecular formula is C18H18N4O3S. The lowest BCUT2D eigenvalue weighted by molar-refractivity contribution is 0.102. The van der Waals surface area contributed by atoms with Crippen LogP contribution in [0.25, 0.3) is 10.2 Å². The maximum Gasteiger partial charge on any atom is 0.257 e. The predicted octanol–water partition coefficient (Wildman–Crippen LogP) is 2.79. The first-order valence-corrected chi connectivity index (χ1v) is 9.09. The molecule has 1 aromatic carbocycles. The number of benzene rings is 1. The summed E-state index contributed by atoms with van der Waals surface area (Å²) in [7, 11) is 1.54. The molecule has 3 heterocycles. The Labute approximate surface area is 154 Å². The average Bonchev–Trinajstić information content (AvgIpc) is 3.12. The van der Waals surface area contributed by atoms with Crippen molar-refractivity contribution in [3.63, 3.8) is 0 Å². The normalized spacial score (nSPS) is 14.4. The second-order valence-electron chi connectivity index (χ2n) is 5.82. The highest BCUT2D eigenvalue weighted by molar-refractivity contribution is 7.22. The van der Waals surface area contributed by atoms with Crippen LogP contribution in [0, 0.1) is 0 Å². The molecule has 0 aliphatic carbocycles. The number of nitrogens with one attached hydrogen (secondary N) is 1. The lowest BCUT2D eigenvalue weighted by Gasteiger charge is -2.25. The van der Waals surface area contributed by atoms with Crippen molar-refractivity contribution in [3.8, 4) is 5.88 Å². The third-order valence-electron chi connectivity index (χ3n) is 4.12. The molecule has 1 fully saturated rings. The average molecular weight is 370 g/mol. The maximum absolute atomic E-state index is 12.4. The second-order valence-corrected chi connectivity index (χ2v) is 6.83. The third kappa shape index (κ3) is 3.47. The van der Waals surface area contributed by atoms with Crippen LogP contribution in [0.2, 0.25) is 0 Å². The Bertz CT molecular complexity index is 920. The van der Waals surface area contributed by atoms with Crippen LogP contribution < -0.4 is 15.0 Å². The molecule has 7 nitrogen and oxygen atoms in total. The van der Waals surface area contributed by atoms with Crippen LogP contribution in [0.15, 0.2) is 36.5 Å². The molecule has 1 saturated heterocycles. The number of pyridine rings is 1. The van der Waals surface area contributed by atoms with E-state index in [2.05, 4.69) is 20.2 Å². The van der Waals surface area contributed by atoms with E-state index in [4.69, 9.17) is 9.47 Å². The van der Waals surface area contributed by atoms with Gasteiger partial charge in [-0.05, 0) is 24.3 Å². The van der Waals surface area contributed by atoms with Gasteiger partial charge in [0, 0.05) is 31.0 Å². The van der Waals surface area contributed by atoms with Gasteiger partial charge in [-0.25, -0.2) is 9.97 Å². The Kier molecular flexibility index (Phi) is 4.68. The number of methoxy groups -OCH3 is 1. The Morgan fingerprint density at radius 3 is 2.85 bits per heavy atom. The van der Waals surface area contributed by atoms with Crippen molar-refractivity contribution in [1.82, 2.24) is 9.97 Å². The minimum atomic E-state index is -0.211. The number of hydrogen-bond donors (Lipinski definition) is 1. The zero-order valence-electron chi connectivity index (χ0n) is 14.3. The quantitative estimate of drug-likeness (QED) is 0.761. The minimum absolute atomic E-state index is 0.211. The molecule has 8 heteroatoms. The highest BCUT2D eigenvalue weighted by Crippen LogP contribution is 2.31. The number of morpholine rings is 1. The van der Waals surface area contributed by atoms with Crippen LogP contribution in [-0.4, -0.2) is 49.3 Å². The number of ether oxygens (including phenoxy) is 2. The zero-order chi connectivity index (χ0) is 17.9. The van der Waals surface area contributed by atoms with Gasteiger partial charge in [-0.15, -0.1) is 0 Å². The van der Waals surface area contributed by atoms with Crippen molar-refractivity contribution < 1.29 is 14.3 Å². The summed E-state index contributed by atoms with van der Waals surface area (Å²) in [5.74, 6) is 0.265. The fraction of sp³-hybridized carbons (Fsp3) is 0.278. The molecule has 0 radical (unpaired) electrons. The Balaban J connectivity index is 1.51. The second kappa shape index (κ2) is 7.27. The van der Waals surface area contributed by atoms with Crippen molar-refractivity contribution >= 4 is 38.3 Å². The number of fused-ring (bicyclic) bond motifs is 1. The number of aromatic nitrogens is 2. The number of thiazole rings is 1. The number of anilines is 2. The first-order chi connectivity index (χ1) is 12.7. The molecule has 3 aromatic rings. The molecular weight excluding hydrogens is 352 g/mol. The first-order valence-electron chi connectivity index (χ1n) is 8.27. The number of carbonyl (C=O) groups excluding carboxylic acids is 1. The highest BCUT2D eigenvalue weighted by Gasteiger charge is 2.16.